The Morgan fingerprint density at radius 3 is 1.17 bits per heavy atom. The number of methoxy groups -OCH3 is 2. The van der Waals surface area contributed by atoms with E-state index in [1.807, 2.05) is 102 Å². The third kappa shape index (κ3) is 15.4. The average molecular weight is 1140 g/mol. The van der Waals surface area contributed by atoms with Gasteiger partial charge in [0, 0.05) is 33.1 Å². The molecule has 84 heavy (non-hydrogen) atoms. The zero-order valence-corrected chi connectivity index (χ0v) is 53.4. The lowest BCUT2D eigenvalue weighted by molar-refractivity contribution is -0.153. The van der Waals surface area contributed by atoms with Crippen LogP contribution in [0.1, 0.15) is 250 Å². The zero-order valence-electron chi connectivity index (χ0n) is 53.4. The van der Waals surface area contributed by atoms with E-state index in [9.17, 15) is 9.59 Å². The van der Waals surface area contributed by atoms with Crippen LogP contribution in [0.25, 0.3) is 0 Å². The monoisotopic (exact) mass is 1140 g/mol. The minimum absolute atomic E-state index is 0.131. The van der Waals surface area contributed by atoms with Crippen molar-refractivity contribution in [2.45, 2.75) is 208 Å². The van der Waals surface area contributed by atoms with Crippen LogP contribution >= 0.6 is 0 Å². The van der Waals surface area contributed by atoms with Crippen molar-refractivity contribution in [2.24, 2.45) is 10.8 Å². The summed E-state index contributed by atoms with van der Waals surface area (Å²) in [4.78, 5) is 57.3. The molecule has 8 heteroatoms. The fourth-order valence-corrected chi connectivity index (χ4v) is 12.4. The van der Waals surface area contributed by atoms with Gasteiger partial charge in [-0.25, -0.2) is 0 Å². The summed E-state index contributed by atoms with van der Waals surface area (Å²) >= 11 is 0. The van der Waals surface area contributed by atoms with Crippen molar-refractivity contribution >= 4 is 23.1 Å². The van der Waals surface area contributed by atoms with Gasteiger partial charge in [0.05, 0.1) is 19.6 Å². The molecule has 0 radical (unpaired) electrons. The van der Waals surface area contributed by atoms with Crippen molar-refractivity contribution in [1.82, 2.24) is 0 Å². The van der Waals surface area contributed by atoms with Crippen LogP contribution in [0.4, 0.5) is 0 Å². The Labute approximate surface area is 504 Å². The topological polar surface area (TPSA) is 105 Å². The second kappa shape index (κ2) is 29.3. The smallest absolute Gasteiger partial charge is 0.176 e. The Kier molecular flexibility index (Phi) is 23.2. The summed E-state index contributed by atoms with van der Waals surface area (Å²) in [6, 6.07) is 45.9. The molecule has 3 unspecified atom stereocenters. The molecule has 3 atom stereocenters. The Hall–Kier alpha value is -6.80. The molecule has 0 aromatic heterocycles. The summed E-state index contributed by atoms with van der Waals surface area (Å²) in [5.41, 5.74) is -1.19. The van der Waals surface area contributed by atoms with Crippen molar-refractivity contribution in [3.8, 4) is 23.0 Å². The van der Waals surface area contributed by atoms with Crippen molar-refractivity contribution in [1.29, 1.82) is 0 Å². The van der Waals surface area contributed by atoms with E-state index in [1.165, 1.54) is 103 Å². The van der Waals surface area contributed by atoms with Crippen LogP contribution in [0, 0.1) is 10.8 Å². The first kappa shape index (κ1) is 66.3. The minimum atomic E-state index is -1.73. The molecule has 0 aliphatic heterocycles. The minimum Gasteiger partial charge on any atom is -0.497 e. The number of carbonyl (C=O) groups excluding carboxylic acids is 4. The number of ketones is 4. The van der Waals surface area contributed by atoms with Gasteiger partial charge in [0.1, 0.15) is 39.6 Å². The lowest BCUT2D eigenvalue weighted by Crippen LogP contribution is -2.71. The normalized spacial score (nSPS) is 14.1. The number of benzene rings is 6. The van der Waals surface area contributed by atoms with Crippen molar-refractivity contribution < 1.29 is 38.1 Å². The van der Waals surface area contributed by atoms with Gasteiger partial charge in [-0.3, -0.25) is 19.2 Å². The summed E-state index contributed by atoms with van der Waals surface area (Å²) in [6.45, 7) is 23.0. The molecule has 0 fully saturated rings. The van der Waals surface area contributed by atoms with Gasteiger partial charge < -0.3 is 18.9 Å². The second-order valence-corrected chi connectivity index (χ2v) is 25.6. The third-order valence-corrected chi connectivity index (χ3v) is 19.0. The predicted octanol–water partition coefficient (Wildman–Crippen LogP) is 19.8. The standard InChI is InChI=1S/C76H98O8/c1-15-16-17-18-19-20-21-22-23-24-25-26-27-28-29-53-74(10,63-41-47-66(82-14)48-42-63)64-43-51-68(52-44-64)84-76(12,72(6,7)69(79)60-32-30-31-59(54-60)56(3)78)75(11,70(80)58-35-33-57(34-36-58)55(2)77)73(8,9)83-67-49-39-62(40-50-67)71(4,5)61-37-45-65(81-13)46-38-61/h30-52,54H,15-29,53H2,1-14H3. The maximum atomic E-state index is 16.2. The molecule has 0 heterocycles. The number of Topliss-reactive ketones (excluding diaryl/α,β-unsaturated/α-hetero) is 4. The highest BCUT2D eigenvalue weighted by atomic mass is 16.5. The predicted molar refractivity (Wildman–Crippen MR) is 344 cm³/mol. The van der Waals surface area contributed by atoms with E-state index in [0.717, 1.165) is 47.5 Å². The highest BCUT2D eigenvalue weighted by Gasteiger charge is 2.69. The van der Waals surface area contributed by atoms with Gasteiger partial charge in [0.2, 0.25) is 0 Å². The quantitative estimate of drug-likeness (QED) is 0.0286. The molecule has 0 amide bonds. The number of ether oxygens (including phenoxy) is 4. The molecule has 450 valence electrons. The Balaban J connectivity index is 1.38. The Bertz CT molecular complexity index is 3080. The SMILES string of the molecule is CCCCCCCCCCCCCCCCCC(C)(c1ccc(OC)cc1)c1ccc(OC(C)(C(C)(C)C(=O)c2cccc(C(C)=O)c2)C(C)(C(=O)c2ccc(C(C)=O)cc2)C(C)(C)Oc2ccc(C(C)(C)c3ccc(OC)cc3)cc2)cc1. The van der Waals surface area contributed by atoms with E-state index in [4.69, 9.17) is 18.9 Å². The Morgan fingerprint density at radius 1 is 0.381 bits per heavy atom. The molecular weight excluding hydrogens is 1040 g/mol. The van der Waals surface area contributed by atoms with E-state index in [1.54, 1.807) is 62.8 Å². The zero-order chi connectivity index (χ0) is 61.4. The first-order valence-corrected chi connectivity index (χ1v) is 31.1. The van der Waals surface area contributed by atoms with Crippen LogP contribution in [-0.2, 0) is 10.8 Å². The molecule has 0 N–H and O–H groups in total. The lowest BCUT2D eigenvalue weighted by Gasteiger charge is -2.58. The first-order chi connectivity index (χ1) is 39.9. The molecule has 0 saturated carbocycles. The summed E-state index contributed by atoms with van der Waals surface area (Å²) < 4.78 is 25.8. The van der Waals surface area contributed by atoms with E-state index in [2.05, 4.69) is 64.1 Å². The van der Waals surface area contributed by atoms with Crippen molar-refractivity contribution in [3.63, 3.8) is 0 Å². The fraction of sp³-hybridized carbons (Fsp3) is 0.474. The summed E-state index contributed by atoms with van der Waals surface area (Å²) in [5, 5.41) is 0. The summed E-state index contributed by atoms with van der Waals surface area (Å²) in [5.74, 6) is 1.56. The van der Waals surface area contributed by atoms with Crippen molar-refractivity contribution in [3.05, 3.63) is 190 Å². The molecule has 0 aliphatic carbocycles. The molecular formula is C76H98O8. The van der Waals surface area contributed by atoms with Gasteiger partial charge in [-0.05, 0) is 139 Å². The number of carbonyl (C=O) groups is 4. The molecule has 0 spiro atoms. The summed E-state index contributed by atoms with van der Waals surface area (Å²) in [6.07, 6.45) is 20.5. The van der Waals surface area contributed by atoms with Crippen LogP contribution in [0.3, 0.4) is 0 Å². The highest BCUT2D eigenvalue weighted by Crippen LogP contribution is 2.57. The van der Waals surface area contributed by atoms with Crippen LogP contribution in [0.5, 0.6) is 23.0 Å². The van der Waals surface area contributed by atoms with Crippen LogP contribution in [0.15, 0.2) is 146 Å². The van der Waals surface area contributed by atoms with Crippen molar-refractivity contribution in [2.75, 3.05) is 14.2 Å². The molecule has 0 aliphatic rings. The molecule has 0 bridgehead atoms. The van der Waals surface area contributed by atoms with Crippen LogP contribution in [0.2, 0.25) is 0 Å². The fourth-order valence-electron chi connectivity index (χ4n) is 12.4. The molecule has 8 nitrogen and oxygen atoms in total. The Morgan fingerprint density at radius 2 is 0.750 bits per heavy atom. The number of unbranched alkanes of at least 4 members (excludes halogenated alkanes) is 14. The number of rotatable bonds is 35. The second-order valence-electron chi connectivity index (χ2n) is 25.6. The highest BCUT2D eigenvalue weighted by molar-refractivity contribution is 6.07. The van der Waals surface area contributed by atoms with Crippen LogP contribution in [-0.4, -0.2) is 48.6 Å². The summed E-state index contributed by atoms with van der Waals surface area (Å²) in [7, 11) is 3.35. The maximum absolute atomic E-state index is 16.2. The van der Waals surface area contributed by atoms with Gasteiger partial charge in [-0.1, -0.05) is 215 Å². The van der Waals surface area contributed by atoms with Gasteiger partial charge in [-0.15, -0.1) is 0 Å². The number of hydrogen-bond acceptors (Lipinski definition) is 8. The molecule has 6 aromatic rings. The lowest BCUT2D eigenvalue weighted by atomic mass is 9.51. The molecule has 6 aromatic carbocycles. The van der Waals surface area contributed by atoms with Gasteiger partial charge in [-0.2, -0.15) is 0 Å². The largest absolute Gasteiger partial charge is 0.497 e. The average Bonchev–Trinajstić information content (AvgIpc) is 0.782. The van der Waals surface area contributed by atoms with Crippen LogP contribution < -0.4 is 18.9 Å². The first-order valence-electron chi connectivity index (χ1n) is 31.1. The van der Waals surface area contributed by atoms with Gasteiger partial charge in [0.25, 0.3) is 0 Å². The van der Waals surface area contributed by atoms with E-state index in [0.29, 0.717) is 33.8 Å². The van der Waals surface area contributed by atoms with E-state index < -0.39 is 22.0 Å². The van der Waals surface area contributed by atoms with E-state index in [-0.39, 0.29) is 34.0 Å². The molecule has 0 saturated heterocycles. The maximum Gasteiger partial charge on any atom is 0.176 e. The van der Waals surface area contributed by atoms with Gasteiger partial charge in [0.15, 0.2) is 23.1 Å². The number of hydrogen-bond donors (Lipinski definition) is 0. The van der Waals surface area contributed by atoms with E-state index >= 15 is 9.59 Å². The third-order valence-electron chi connectivity index (χ3n) is 19.0. The van der Waals surface area contributed by atoms with Gasteiger partial charge >= 0.3 is 0 Å². The molecule has 6 rings (SSSR count).